The number of nitrogens with one attached hydrogen (secondary N) is 3. The summed E-state index contributed by atoms with van der Waals surface area (Å²) in [6, 6.07) is 4.60. The zero-order valence-corrected chi connectivity index (χ0v) is 17.5. The van der Waals surface area contributed by atoms with Gasteiger partial charge in [-0.1, -0.05) is 0 Å². The Morgan fingerprint density at radius 2 is 2.04 bits per heavy atom. The predicted molar refractivity (Wildman–Crippen MR) is 119 cm³/mol. The van der Waals surface area contributed by atoms with E-state index in [1.807, 2.05) is 13.8 Å². The molecular formula is C20H35N7O. The Balaban J connectivity index is 1.84. The smallest absolute Gasteiger partial charge is 0.195 e. The lowest BCUT2D eigenvalue weighted by Gasteiger charge is -2.25. The van der Waals surface area contributed by atoms with Crippen LogP contribution in [0.5, 0.6) is 5.75 Å². The van der Waals surface area contributed by atoms with Gasteiger partial charge in [-0.25, -0.2) is 0 Å². The Morgan fingerprint density at radius 1 is 1.25 bits per heavy atom. The average Bonchev–Trinajstić information content (AvgIpc) is 2.64. The molecule has 0 spiro atoms. The van der Waals surface area contributed by atoms with Gasteiger partial charge in [-0.05, 0) is 58.1 Å². The second-order valence-electron chi connectivity index (χ2n) is 7.43. The molecular weight excluding hydrogens is 354 g/mol. The molecule has 8 heteroatoms. The molecule has 1 aliphatic heterocycles. The van der Waals surface area contributed by atoms with Crippen LogP contribution in [0.2, 0.25) is 0 Å². The van der Waals surface area contributed by atoms with E-state index in [1.165, 1.54) is 11.3 Å². The molecule has 0 saturated heterocycles. The van der Waals surface area contributed by atoms with Crippen LogP contribution in [0.4, 0.5) is 11.4 Å². The molecule has 1 aromatic rings. The van der Waals surface area contributed by atoms with Crippen LogP contribution in [0, 0.1) is 0 Å². The summed E-state index contributed by atoms with van der Waals surface area (Å²) in [5.74, 6) is 1.48. The number of rotatable bonds is 8. The maximum atomic E-state index is 5.84. The molecule has 28 heavy (non-hydrogen) atoms. The van der Waals surface area contributed by atoms with Gasteiger partial charge in [-0.2, -0.15) is 0 Å². The number of nitrogens with zero attached hydrogens (tertiary/aromatic N) is 2. The van der Waals surface area contributed by atoms with E-state index in [2.05, 4.69) is 45.0 Å². The number of nitrogens with two attached hydrogens (primary N) is 2. The van der Waals surface area contributed by atoms with E-state index in [4.69, 9.17) is 16.2 Å². The SMILES string of the molecule is COc1cc2c(c(N[C@H](C)CCCN=C(N)NC(N)=NC(C)C)c1)NCCC2. The lowest BCUT2D eigenvalue weighted by molar-refractivity contribution is 0.414. The number of fused-ring (bicyclic) bond motifs is 1. The number of anilines is 2. The van der Waals surface area contributed by atoms with Crippen molar-refractivity contribution < 1.29 is 4.74 Å². The molecule has 156 valence electrons. The van der Waals surface area contributed by atoms with Crippen molar-refractivity contribution in [2.75, 3.05) is 30.8 Å². The van der Waals surface area contributed by atoms with Crippen LogP contribution < -0.4 is 32.2 Å². The van der Waals surface area contributed by atoms with E-state index in [-0.39, 0.29) is 6.04 Å². The van der Waals surface area contributed by atoms with Gasteiger partial charge < -0.3 is 26.8 Å². The maximum Gasteiger partial charge on any atom is 0.195 e. The maximum absolute atomic E-state index is 5.84. The minimum atomic E-state index is 0.115. The molecule has 8 nitrogen and oxygen atoms in total. The molecule has 1 heterocycles. The highest BCUT2D eigenvalue weighted by atomic mass is 16.5. The van der Waals surface area contributed by atoms with Gasteiger partial charge in [-0.15, -0.1) is 0 Å². The Kier molecular flexibility index (Phi) is 8.22. The number of ether oxygens (including phenoxy) is 1. The Bertz CT molecular complexity index is 700. The number of guanidine groups is 2. The highest BCUT2D eigenvalue weighted by Gasteiger charge is 2.16. The van der Waals surface area contributed by atoms with Crippen LogP contribution in [-0.4, -0.2) is 44.2 Å². The summed E-state index contributed by atoms with van der Waals surface area (Å²) in [4.78, 5) is 8.48. The summed E-state index contributed by atoms with van der Waals surface area (Å²) in [6.45, 7) is 7.71. The summed E-state index contributed by atoms with van der Waals surface area (Å²) in [5, 5.41) is 9.93. The number of hydrogen-bond donors (Lipinski definition) is 5. The van der Waals surface area contributed by atoms with Crippen LogP contribution in [-0.2, 0) is 6.42 Å². The molecule has 0 saturated carbocycles. The lowest BCUT2D eigenvalue weighted by atomic mass is 10.0. The molecule has 0 unspecified atom stereocenters. The van der Waals surface area contributed by atoms with Gasteiger partial charge in [0.1, 0.15) is 5.75 Å². The number of methoxy groups -OCH3 is 1. The molecule has 0 bridgehead atoms. The van der Waals surface area contributed by atoms with Crippen molar-refractivity contribution in [2.24, 2.45) is 21.5 Å². The average molecular weight is 390 g/mol. The largest absolute Gasteiger partial charge is 0.497 e. The minimum absolute atomic E-state index is 0.115. The first-order valence-corrected chi connectivity index (χ1v) is 10.0. The Morgan fingerprint density at radius 3 is 2.75 bits per heavy atom. The van der Waals surface area contributed by atoms with Crippen LogP contribution in [0.25, 0.3) is 0 Å². The highest BCUT2D eigenvalue weighted by Crippen LogP contribution is 2.35. The van der Waals surface area contributed by atoms with Gasteiger partial charge >= 0.3 is 0 Å². The van der Waals surface area contributed by atoms with Crippen molar-refractivity contribution in [1.29, 1.82) is 0 Å². The van der Waals surface area contributed by atoms with Gasteiger partial charge in [0.15, 0.2) is 11.9 Å². The van der Waals surface area contributed by atoms with Gasteiger partial charge in [0.25, 0.3) is 0 Å². The van der Waals surface area contributed by atoms with Crippen molar-refractivity contribution in [3.8, 4) is 5.75 Å². The third-order valence-electron chi connectivity index (χ3n) is 4.49. The van der Waals surface area contributed by atoms with E-state index in [0.717, 1.165) is 43.7 Å². The molecule has 0 radical (unpaired) electrons. The summed E-state index contributed by atoms with van der Waals surface area (Å²) >= 11 is 0. The second kappa shape index (κ2) is 10.6. The predicted octanol–water partition coefficient (Wildman–Crippen LogP) is 2.26. The Hall–Kier alpha value is -2.64. The van der Waals surface area contributed by atoms with Gasteiger partial charge in [0.2, 0.25) is 0 Å². The van der Waals surface area contributed by atoms with E-state index in [1.54, 1.807) is 7.11 Å². The Labute approximate surface area is 168 Å². The third-order valence-corrected chi connectivity index (χ3v) is 4.49. The first-order valence-electron chi connectivity index (χ1n) is 10.0. The van der Waals surface area contributed by atoms with Crippen molar-refractivity contribution in [3.05, 3.63) is 17.7 Å². The molecule has 1 atom stereocenters. The highest BCUT2D eigenvalue weighted by molar-refractivity contribution is 5.97. The first-order chi connectivity index (χ1) is 13.4. The van der Waals surface area contributed by atoms with Crippen LogP contribution in [0.3, 0.4) is 0 Å². The first kappa shape index (κ1) is 21.7. The number of benzene rings is 1. The molecule has 0 fully saturated rings. The summed E-state index contributed by atoms with van der Waals surface area (Å²) in [5.41, 5.74) is 15.2. The minimum Gasteiger partial charge on any atom is -0.497 e. The second-order valence-corrected chi connectivity index (χ2v) is 7.43. The quantitative estimate of drug-likeness (QED) is 0.264. The molecule has 0 amide bonds. The van der Waals surface area contributed by atoms with E-state index in [9.17, 15) is 0 Å². The fourth-order valence-electron chi connectivity index (χ4n) is 3.22. The van der Waals surface area contributed by atoms with Gasteiger partial charge in [0.05, 0.1) is 18.5 Å². The zero-order valence-electron chi connectivity index (χ0n) is 17.5. The molecule has 2 rings (SSSR count). The molecule has 0 aliphatic carbocycles. The molecule has 0 aromatic heterocycles. The van der Waals surface area contributed by atoms with E-state index < -0.39 is 0 Å². The fraction of sp³-hybridized carbons (Fsp3) is 0.600. The zero-order chi connectivity index (χ0) is 20.5. The topological polar surface area (TPSA) is 122 Å². The number of aryl methyl sites for hydroxylation is 1. The normalized spacial score (nSPS) is 15.6. The van der Waals surface area contributed by atoms with Gasteiger partial charge in [-0.3, -0.25) is 15.3 Å². The number of aliphatic imine (C=N–C) groups is 2. The van der Waals surface area contributed by atoms with Crippen LogP contribution in [0.1, 0.15) is 45.6 Å². The van der Waals surface area contributed by atoms with Crippen LogP contribution >= 0.6 is 0 Å². The van der Waals surface area contributed by atoms with E-state index >= 15 is 0 Å². The molecule has 1 aliphatic rings. The summed E-state index contributed by atoms with van der Waals surface area (Å²) < 4.78 is 5.46. The van der Waals surface area contributed by atoms with Crippen molar-refractivity contribution in [2.45, 2.75) is 58.5 Å². The monoisotopic (exact) mass is 389 g/mol. The van der Waals surface area contributed by atoms with Crippen molar-refractivity contribution >= 4 is 23.3 Å². The van der Waals surface area contributed by atoms with E-state index in [0.29, 0.717) is 24.5 Å². The van der Waals surface area contributed by atoms with Crippen molar-refractivity contribution in [3.63, 3.8) is 0 Å². The fourth-order valence-corrected chi connectivity index (χ4v) is 3.22. The summed E-state index contributed by atoms with van der Waals surface area (Å²) in [7, 11) is 1.71. The van der Waals surface area contributed by atoms with Gasteiger partial charge in [0, 0.05) is 31.2 Å². The van der Waals surface area contributed by atoms with Crippen molar-refractivity contribution in [1.82, 2.24) is 5.32 Å². The number of hydrogen-bond acceptors (Lipinski definition) is 5. The lowest BCUT2D eigenvalue weighted by Crippen LogP contribution is -2.42. The summed E-state index contributed by atoms with van der Waals surface area (Å²) in [6.07, 6.45) is 4.11. The third kappa shape index (κ3) is 6.83. The van der Waals surface area contributed by atoms with Crippen LogP contribution in [0.15, 0.2) is 22.1 Å². The molecule has 1 aromatic carbocycles. The standard InChI is InChI=1S/C20H35N7O/c1-13(2)25-20(22)27-19(21)24-10-5-7-14(3)26-17-12-16(28-4)11-15-8-6-9-23-18(15)17/h11-14,23,26H,5-10H2,1-4H3,(H5,21,22,24,25,27)/t14-/m1/s1. The molecule has 7 N–H and O–H groups in total.